The molecule has 1 rings (SSSR count). The number of piperidine rings is 1. The van der Waals surface area contributed by atoms with Crippen LogP contribution in [0.3, 0.4) is 0 Å². The van der Waals surface area contributed by atoms with Gasteiger partial charge in [0.15, 0.2) is 0 Å². The average molecular weight is 249 g/mol. The highest BCUT2D eigenvalue weighted by Crippen LogP contribution is 2.17. The van der Waals surface area contributed by atoms with Crippen LogP contribution >= 0.6 is 0 Å². The predicted octanol–water partition coefficient (Wildman–Crippen LogP) is 0.610. The molecular weight excluding hydrogens is 230 g/mol. The maximum atomic E-state index is 11.7. The fourth-order valence-electron chi connectivity index (χ4n) is 1.78. The second-order valence-corrected chi connectivity index (χ2v) is 6.08. The van der Waals surface area contributed by atoms with E-state index in [1.54, 1.807) is 4.90 Å². The maximum Gasteiger partial charge on any atom is 0.264 e. The maximum absolute atomic E-state index is 11.7. The largest absolute Gasteiger partial charge is 0.342 e. The number of nitrogens with zero attached hydrogens (tertiary/aromatic N) is 1. The van der Waals surface area contributed by atoms with Crippen molar-refractivity contribution in [1.82, 2.24) is 4.90 Å². The summed E-state index contributed by atoms with van der Waals surface area (Å²) >= 11 is 0. The molecule has 1 heterocycles. The van der Waals surface area contributed by atoms with Gasteiger partial charge in [-0.3, -0.25) is 8.98 Å². The Morgan fingerprint density at radius 2 is 1.81 bits per heavy atom. The van der Waals surface area contributed by atoms with E-state index in [9.17, 15) is 13.2 Å². The normalized spacial score (nSPS) is 19.1. The molecule has 94 valence electrons. The standard InChI is InChI=1S/C10H19NO4S/c1-8(2)10(12)11-6-4-9(5-7-11)15-16(3,13)14/h8-9H,4-7H2,1-3H3. The summed E-state index contributed by atoms with van der Waals surface area (Å²) in [5, 5.41) is 0. The third kappa shape index (κ3) is 4.09. The Hall–Kier alpha value is -0.620. The van der Waals surface area contributed by atoms with E-state index < -0.39 is 10.1 Å². The minimum absolute atomic E-state index is 0.00706. The smallest absolute Gasteiger partial charge is 0.264 e. The fourth-order valence-corrected chi connectivity index (χ4v) is 2.47. The Morgan fingerprint density at radius 3 is 2.19 bits per heavy atom. The van der Waals surface area contributed by atoms with Crippen molar-refractivity contribution in [3.05, 3.63) is 0 Å². The molecule has 16 heavy (non-hydrogen) atoms. The van der Waals surface area contributed by atoms with Crippen molar-refractivity contribution in [1.29, 1.82) is 0 Å². The molecule has 0 bridgehead atoms. The van der Waals surface area contributed by atoms with Gasteiger partial charge in [-0.25, -0.2) is 0 Å². The van der Waals surface area contributed by atoms with Gasteiger partial charge in [-0.15, -0.1) is 0 Å². The second-order valence-electron chi connectivity index (χ2n) is 4.48. The van der Waals surface area contributed by atoms with Gasteiger partial charge in [-0.05, 0) is 12.8 Å². The number of carbonyl (C=O) groups excluding carboxylic acids is 1. The van der Waals surface area contributed by atoms with Crippen molar-refractivity contribution in [2.45, 2.75) is 32.8 Å². The minimum Gasteiger partial charge on any atom is -0.342 e. The van der Waals surface area contributed by atoms with Gasteiger partial charge < -0.3 is 4.90 Å². The van der Waals surface area contributed by atoms with E-state index in [1.165, 1.54) is 0 Å². The van der Waals surface area contributed by atoms with E-state index in [2.05, 4.69) is 0 Å². The molecule has 0 unspecified atom stereocenters. The second kappa shape index (κ2) is 5.14. The summed E-state index contributed by atoms with van der Waals surface area (Å²) in [6, 6.07) is 0. The average Bonchev–Trinajstić information content (AvgIpc) is 2.15. The van der Waals surface area contributed by atoms with Gasteiger partial charge in [-0.2, -0.15) is 8.42 Å². The predicted molar refractivity (Wildman–Crippen MR) is 60.4 cm³/mol. The molecule has 6 heteroatoms. The summed E-state index contributed by atoms with van der Waals surface area (Å²) in [7, 11) is -3.38. The SMILES string of the molecule is CC(C)C(=O)N1CCC(OS(C)(=O)=O)CC1. The third-order valence-corrected chi connectivity index (χ3v) is 3.18. The van der Waals surface area contributed by atoms with E-state index in [4.69, 9.17) is 4.18 Å². The van der Waals surface area contributed by atoms with Crippen LogP contribution in [0.15, 0.2) is 0 Å². The Bertz CT molecular complexity index is 342. The number of carbonyl (C=O) groups is 1. The molecular formula is C10H19NO4S. The van der Waals surface area contributed by atoms with Crippen molar-refractivity contribution in [3.63, 3.8) is 0 Å². The van der Waals surface area contributed by atoms with E-state index >= 15 is 0 Å². The van der Waals surface area contributed by atoms with Gasteiger partial charge in [0.25, 0.3) is 10.1 Å². The van der Waals surface area contributed by atoms with Crippen LogP contribution in [0.25, 0.3) is 0 Å². The summed E-state index contributed by atoms with van der Waals surface area (Å²) < 4.78 is 26.7. The lowest BCUT2D eigenvalue weighted by atomic mass is 10.1. The zero-order valence-corrected chi connectivity index (χ0v) is 10.8. The third-order valence-electron chi connectivity index (χ3n) is 2.56. The molecule has 0 radical (unpaired) electrons. The topological polar surface area (TPSA) is 63.7 Å². The first-order chi connectivity index (χ1) is 7.29. The van der Waals surface area contributed by atoms with Crippen LogP contribution in [-0.4, -0.2) is 44.7 Å². The highest BCUT2D eigenvalue weighted by atomic mass is 32.2. The van der Waals surface area contributed by atoms with Crippen molar-refractivity contribution in [2.75, 3.05) is 19.3 Å². The van der Waals surface area contributed by atoms with Gasteiger partial charge in [0.2, 0.25) is 5.91 Å². The molecule has 0 saturated carbocycles. The van der Waals surface area contributed by atoms with Gasteiger partial charge >= 0.3 is 0 Å². The summed E-state index contributed by atoms with van der Waals surface area (Å²) in [4.78, 5) is 13.4. The Morgan fingerprint density at radius 1 is 1.31 bits per heavy atom. The molecule has 0 N–H and O–H groups in total. The fraction of sp³-hybridized carbons (Fsp3) is 0.900. The lowest BCUT2D eigenvalue weighted by molar-refractivity contribution is -0.136. The Balaban J connectivity index is 2.43. The first kappa shape index (κ1) is 13.4. The highest BCUT2D eigenvalue weighted by Gasteiger charge is 2.26. The van der Waals surface area contributed by atoms with Gasteiger partial charge in [0.05, 0.1) is 12.4 Å². The highest BCUT2D eigenvalue weighted by molar-refractivity contribution is 7.86. The monoisotopic (exact) mass is 249 g/mol. The Kier molecular flexibility index (Phi) is 4.32. The summed E-state index contributed by atoms with van der Waals surface area (Å²) in [6.07, 6.45) is 1.96. The minimum atomic E-state index is -3.38. The summed E-state index contributed by atoms with van der Waals surface area (Å²) in [5.74, 6) is 0.116. The number of amides is 1. The van der Waals surface area contributed by atoms with Crippen LogP contribution in [0.5, 0.6) is 0 Å². The van der Waals surface area contributed by atoms with Crippen molar-refractivity contribution >= 4 is 16.0 Å². The van der Waals surface area contributed by atoms with Crippen molar-refractivity contribution in [3.8, 4) is 0 Å². The van der Waals surface area contributed by atoms with Gasteiger partial charge in [0, 0.05) is 19.0 Å². The van der Waals surface area contributed by atoms with Crippen LogP contribution in [0, 0.1) is 5.92 Å². The molecule has 1 aliphatic heterocycles. The first-order valence-corrected chi connectivity index (χ1v) is 7.28. The van der Waals surface area contributed by atoms with Crippen LogP contribution in [0.4, 0.5) is 0 Å². The Labute approximate surface area is 96.9 Å². The summed E-state index contributed by atoms with van der Waals surface area (Å²) in [6.45, 7) is 4.89. The zero-order chi connectivity index (χ0) is 12.3. The van der Waals surface area contributed by atoms with E-state index in [0.29, 0.717) is 25.9 Å². The number of likely N-dealkylation sites (tertiary alicyclic amines) is 1. The van der Waals surface area contributed by atoms with Gasteiger partial charge in [0.1, 0.15) is 0 Å². The number of hydrogen-bond donors (Lipinski definition) is 0. The van der Waals surface area contributed by atoms with Crippen molar-refractivity contribution in [2.24, 2.45) is 5.92 Å². The van der Waals surface area contributed by atoms with E-state index in [0.717, 1.165) is 6.26 Å². The van der Waals surface area contributed by atoms with Gasteiger partial charge in [-0.1, -0.05) is 13.8 Å². The quantitative estimate of drug-likeness (QED) is 0.687. The molecule has 0 aromatic carbocycles. The number of hydrogen-bond acceptors (Lipinski definition) is 4. The molecule has 1 aliphatic rings. The molecule has 0 aliphatic carbocycles. The molecule has 0 spiro atoms. The van der Waals surface area contributed by atoms with Crippen LogP contribution in [0.1, 0.15) is 26.7 Å². The molecule has 1 saturated heterocycles. The van der Waals surface area contributed by atoms with E-state index in [1.807, 2.05) is 13.8 Å². The molecule has 1 fully saturated rings. The molecule has 1 amide bonds. The summed E-state index contributed by atoms with van der Waals surface area (Å²) in [5.41, 5.74) is 0. The molecule has 0 aromatic heterocycles. The molecule has 5 nitrogen and oxygen atoms in total. The van der Waals surface area contributed by atoms with Crippen molar-refractivity contribution < 1.29 is 17.4 Å². The lowest BCUT2D eigenvalue weighted by Gasteiger charge is -2.32. The first-order valence-electron chi connectivity index (χ1n) is 5.46. The molecule has 0 atom stereocenters. The number of rotatable bonds is 3. The van der Waals surface area contributed by atoms with E-state index in [-0.39, 0.29) is 17.9 Å². The van der Waals surface area contributed by atoms with Crippen LogP contribution < -0.4 is 0 Å². The van der Waals surface area contributed by atoms with Crippen LogP contribution in [0.2, 0.25) is 0 Å². The zero-order valence-electron chi connectivity index (χ0n) is 9.97. The van der Waals surface area contributed by atoms with Crippen LogP contribution in [-0.2, 0) is 19.1 Å². The molecule has 0 aromatic rings. The lowest BCUT2D eigenvalue weighted by Crippen LogP contribution is -2.43.